The molecule has 8 heteroatoms. The SMILES string of the molecule is Cl.Cl.O[C@@H](CN1CCNCC1)Cn1c2ccc(Br)cc2c2cc(Br)ccc21. The zero-order valence-corrected chi connectivity index (χ0v) is 19.5. The van der Waals surface area contributed by atoms with Crippen LogP contribution in [0.25, 0.3) is 21.8 Å². The Morgan fingerprint density at radius 3 is 1.93 bits per heavy atom. The number of rotatable bonds is 4. The molecule has 1 saturated heterocycles. The van der Waals surface area contributed by atoms with Crippen LogP contribution in [0.1, 0.15) is 0 Å². The first-order valence-electron chi connectivity index (χ1n) is 8.60. The molecule has 0 saturated carbocycles. The molecule has 1 fully saturated rings. The van der Waals surface area contributed by atoms with Crippen LogP contribution in [0.5, 0.6) is 0 Å². The summed E-state index contributed by atoms with van der Waals surface area (Å²) in [5.41, 5.74) is 2.33. The van der Waals surface area contributed by atoms with E-state index in [0.29, 0.717) is 6.54 Å². The number of aliphatic hydroxyl groups excluding tert-OH is 1. The number of fused-ring (bicyclic) bond motifs is 3. The van der Waals surface area contributed by atoms with Gasteiger partial charge in [-0.3, -0.25) is 4.90 Å². The van der Waals surface area contributed by atoms with Crippen molar-refractivity contribution in [2.45, 2.75) is 12.6 Å². The molecule has 1 aliphatic rings. The predicted molar refractivity (Wildman–Crippen MR) is 125 cm³/mol. The maximum absolute atomic E-state index is 10.7. The number of aliphatic hydroxyl groups is 1. The molecular formula is C19H23Br2Cl2N3O. The molecule has 1 aromatic heterocycles. The normalized spacial score (nSPS) is 16.1. The molecule has 2 N–H and O–H groups in total. The third-order valence-corrected chi connectivity index (χ3v) is 5.85. The van der Waals surface area contributed by atoms with Crippen LogP contribution in [0, 0.1) is 0 Å². The van der Waals surface area contributed by atoms with Gasteiger partial charge in [-0.1, -0.05) is 31.9 Å². The molecule has 1 aliphatic heterocycles. The Labute approximate surface area is 188 Å². The smallest absolute Gasteiger partial charge is 0.0845 e. The van der Waals surface area contributed by atoms with Gasteiger partial charge in [0.2, 0.25) is 0 Å². The van der Waals surface area contributed by atoms with Crippen molar-refractivity contribution in [3.05, 3.63) is 45.3 Å². The number of halogens is 4. The lowest BCUT2D eigenvalue weighted by molar-refractivity contribution is 0.0936. The van der Waals surface area contributed by atoms with Crippen LogP contribution in [0.15, 0.2) is 45.3 Å². The van der Waals surface area contributed by atoms with Crippen LogP contribution in [-0.2, 0) is 6.54 Å². The van der Waals surface area contributed by atoms with Gasteiger partial charge in [0, 0.05) is 63.5 Å². The van der Waals surface area contributed by atoms with Crippen LogP contribution in [0.3, 0.4) is 0 Å². The van der Waals surface area contributed by atoms with Gasteiger partial charge >= 0.3 is 0 Å². The molecule has 2 heterocycles. The van der Waals surface area contributed by atoms with Gasteiger partial charge in [0.1, 0.15) is 0 Å². The first-order chi connectivity index (χ1) is 12.1. The van der Waals surface area contributed by atoms with E-state index in [2.05, 4.69) is 83.0 Å². The second-order valence-electron chi connectivity index (χ2n) is 6.64. The highest BCUT2D eigenvalue weighted by Gasteiger charge is 2.18. The van der Waals surface area contributed by atoms with E-state index in [9.17, 15) is 5.11 Å². The summed E-state index contributed by atoms with van der Waals surface area (Å²) in [7, 11) is 0. The molecule has 0 radical (unpaired) electrons. The molecule has 0 amide bonds. The molecule has 3 aromatic rings. The minimum Gasteiger partial charge on any atom is -0.390 e. The van der Waals surface area contributed by atoms with E-state index in [1.165, 1.54) is 10.8 Å². The number of benzene rings is 2. The van der Waals surface area contributed by atoms with Crippen LogP contribution < -0.4 is 5.32 Å². The minimum atomic E-state index is -0.385. The topological polar surface area (TPSA) is 40.4 Å². The second-order valence-corrected chi connectivity index (χ2v) is 8.47. The molecule has 2 aromatic carbocycles. The third kappa shape index (κ3) is 4.99. The summed E-state index contributed by atoms with van der Waals surface area (Å²) in [6.07, 6.45) is -0.385. The summed E-state index contributed by atoms with van der Waals surface area (Å²) < 4.78 is 4.39. The maximum Gasteiger partial charge on any atom is 0.0845 e. The number of aromatic nitrogens is 1. The van der Waals surface area contributed by atoms with Crippen molar-refractivity contribution in [1.82, 2.24) is 14.8 Å². The van der Waals surface area contributed by atoms with Gasteiger partial charge in [0.25, 0.3) is 0 Å². The van der Waals surface area contributed by atoms with Gasteiger partial charge in [-0.25, -0.2) is 0 Å². The van der Waals surface area contributed by atoms with Crippen LogP contribution in [0.2, 0.25) is 0 Å². The largest absolute Gasteiger partial charge is 0.390 e. The van der Waals surface area contributed by atoms with E-state index in [0.717, 1.165) is 52.7 Å². The van der Waals surface area contributed by atoms with Crippen molar-refractivity contribution in [2.75, 3.05) is 32.7 Å². The van der Waals surface area contributed by atoms with Gasteiger partial charge in [0.15, 0.2) is 0 Å². The summed E-state index contributed by atoms with van der Waals surface area (Å²) in [5.74, 6) is 0. The van der Waals surface area contributed by atoms with Crippen molar-refractivity contribution in [1.29, 1.82) is 0 Å². The van der Waals surface area contributed by atoms with Gasteiger partial charge in [-0.05, 0) is 36.4 Å². The highest BCUT2D eigenvalue weighted by molar-refractivity contribution is 9.10. The summed E-state index contributed by atoms with van der Waals surface area (Å²) >= 11 is 7.16. The van der Waals surface area contributed by atoms with E-state index >= 15 is 0 Å². The Morgan fingerprint density at radius 2 is 1.41 bits per heavy atom. The molecular weight excluding hydrogens is 517 g/mol. The van der Waals surface area contributed by atoms with Gasteiger partial charge in [-0.15, -0.1) is 24.8 Å². The Morgan fingerprint density at radius 1 is 0.889 bits per heavy atom. The van der Waals surface area contributed by atoms with Gasteiger partial charge < -0.3 is 15.0 Å². The fourth-order valence-electron chi connectivity index (χ4n) is 3.71. The highest BCUT2D eigenvalue weighted by atomic mass is 79.9. The Balaban J connectivity index is 0.00000131. The van der Waals surface area contributed by atoms with E-state index < -0.39 is 0 Å². The van der Waals surface area contributed by atoms with Crippen LogP contribution in [-0.4, -0.2) is 53.4 Å². The van der Waals surface area contributed by atoms with E-state index in [-0.39, 0.29) is 30.9 Å². The van der Waals surface area contributed by atoms with Crippen molar-refractivity contribution in [2.24, 2.45) is 0 Å². The molecule has 27 heavy (non-hydrogen) atoms. The fraction of sp³-hybridized carbons (Fsp3) is 0.368. The zero-order chi connectivity index (χ0) is 17.4. The molecule has 4 rings (SSSR count). The second kappa shape index (κ2) is 9.92. The Bertz CT molecular complexity index is 853. The lowest BCUT2D eigenvalue weighted by Gasteiger charge is -2.29. The van der Waals surface area contributed by atoms with Crippen molar-refractivity contribution in [3.8, 4) is 0 Å². The lowest BCUT2D eigenvalue weighted by Crippen LogP contribution is -2.46. The van der Waals surface area contributed by atoms with Crippen molar-refractivity contribution >= 4 is 78.5 Å². The monoisotopic (exact) mass is 537 g/mol. The number of hydrogen-bond acceptors (Lipinski definition) is 3. The zero-order valence-electron chi connectivity index (χ0n) is 14.7. The molecule has 0 bridgehead atoms. The van der Waals surface area contributed by atoms with Crippen LogP contribution in [0.4, 0.5) is 0 Å². The minimum absolute atomic E-state index is 0. The standard InChI is InChI=1S/C19H21Br2N3O.2ClH/c20-13-1-3-18-16(9-13)17-10-14(21)2-4-19(17)24(18)12-15(25)11-23-7-5-22-6-8-23;;/h1-4,9-10,15,22,25H,5-8,11-12H2;2*1H/t15-;;/m0../s1. The molecule has 1 atom stereocenters. The lowest BCUT2D eigenvalue weighted by atomic mass is 10.2. The number of β-amino-alcohol motifs (C(OH)–C–C–N with tert-alkyl or cyclic N) is 1. The number of nitrogens with one attached hydrogen (secondary N) is 1. The summed E-state index contributed by atoms with van der Waals surface area (Å²) in [4.78, 5) is 2.34. The quantitative estimate of drug-likeness (QED) is 0.515. The van der Waals surface area contributed by atoms with E-state index in [1.54, 1.807) is 0 Å². The summed E-state index contributed by atoms with van der Waals surface area (Å²) in [6.45, 7) is 5.34. The average Bonchev–Trinajstić information content (AvgIpc) is 2.88. The molecule has 148 valence electrons. The number of nitrogens with zero attached hydrogens (tertiary/aromatic N) is 2. The summed E-state index contributed by atoms with van der Waals surface area (Å²) in [5, 5.41) is 16.5. The maximum atomic E-state index is 10.7. The van der Waals surface area contributed by atoms with Crippen LogP contribution >= 0.6 is 56.7 Å². The molecule has 0 spiro atoms. The van der Waals surface area contributed by atoms with Crippen molar-refractivity contribution in [3.63, 3.8) is 0 Å². The molecule has 4 nitrogen and oxygen atoms in total. The Kier molecular flexibility index (Phi) is 8.43. The molecule has 0 aliphatic carbocycles. The van der Waals surface area contributed by atoms with E-state index in [1.807, 2.05) is 0 Å². The Hall–Kier alpha value is -0.340. The first kappa shape index (κ1) is 22.9. The van der Waals surface area contributed by atoms with E-state index in [4.69, 9.17) is 0 Å². The predicted octanol–water partition coefficient (Wildman–Crippen LogP) is 4.43. The molecule has 0 unspecified atom stereocenters. The highest BCUT2D eigenvalue weighted by Crippen LogP contribution is 2.33. The average molecular weight is 540 g/mol. The van der Waals surface area contributed by atoms with Crippen molar-refractivity contribution < 1.29 is 5.11 Å². The third-order valence-electron chi connectivity index (χ3n) is 4.86. The fourth-order valence-corrected chi connectivity index (χ4v) is 4.43. The first-order valence-corrected chi connectivity index (χ1v) is 10.2. The summed E-state index contributed by atoms with van der Waals surface area (Å²) in [6, 6.07) is 12.7. The van der Waals surface area contributed by atoms with Gasteiger partial charge in [0.05, 0.1) is 12.6 Å². The van der Waals surface area contributed by atoms with Gasteiger partial charge in [-0.2, -0.15) is 0 Å². The number of hydrogen-bond donors (Lipinski definition) is 2. The number of piperazine rings is 1.